The third kappa shape index (κ3) is 0.656. The first-order valence-electron chi connectivity index (χ1n) is 4.01. The summed E-state index contributed by atoms with van der Waals surface area (Å²) < 4.78 is 3.22. The Bertz CT molecular complexity index is 250. The quantitative estimate of drug-likeness (QED) is 0.430. The summed E-state index contributed by atoms with van der Waals surface area (Å²) in [6.45, 7) is 0. The molecule has 0 radical (unpaired) electrons. The third-order valence-corrected chi connectivity index (χ3v) is 3.89. The molecule has 0 aromatic rings. The van der Waals surface area contributed by atoms with Gasteiger partial charge in [0.1, 0.15) is 0 Å². The molecule has 3 rings (SSSR count). The SMILES string of the molecule is O=C1SNC2C3C=CC(C3)C12. The molecule has 0 aromatic carbocycles. The number of rotatable bonds is 0. The van der Waals surface area contributed by atoms with Crippen LogP contribution in [0.1, 0.15) is 6.42 Å². The lowest BCUT2D eigenvalue weighted by molar-refractivity contribution is -0.114. The lowest BCUT2D eigenvalue weighted by Crippen LogP contribution is -2.30. The minimum Gasteiger partial charge on any atom is -0.285 e. The number of carbonyl (C=O) groups is 1. The van der Waals surface area contributed by atoms with Crippen molar-refractivity contribution < 1.29 is 4.79 Å². The monoisotopic (exact) mass is 167 g/mol. The standard InChI is InChI=1S/C8H9NOS/c10-8-6-4-1-2-5(3-4)7(6)9-11-8/h1-2,4-7,9H,3H2. The van der Waals surface area contributed by atoms with E-state index in [-0.39, 0.29) is 0 Å². The minimum atomic E-state index is 0.301. The highest BCUT2D eigenvalue weighted by atomic mass is 32.2. The van der Waals surface area contributed by atoms with Gasteiger partial charge < -0.3 is 0 Å². The molecule has 3 aliphatic rings. The number of carbonyl (C=O) groups excluding carboxylic acids is 1. The van der Waals surface area contributed by atoms with E-state index in [9.17, 15) is 4.79 Å². The number of fused-ring (bicyclic) bond motifs is 5. The second kappa shape index (κ2) is 1.90. The van der Waals surface area contributed by atoms with E-state index in [0.29, 0.717) is 28.9 Å². The topological polar surface area (TPSA) is 29.1 Å². The molecule has 58 valence electrons. The average molecular weight is 167 g/mol. The van der Waals surface area contributed by atoms with Crippen molar-refractivity contribution in [2.45, 2.75) is 12.5 Å². The van der Waals surface area contributed by atoms with E-state index in [1.807, 2.05) is 0 Å². The highest BCUT2D eigenvalue weighted by Gasteiger charge is 2.51. The predicted octanol–water partition coefficient (Wildman–Crippen LogP) is 0.955. The molecule has 1 aliphatic heterocycles. The molecule has 0 spiro atoms. The van der Waals surface area contributed by atoms with Gasteiger partial charge in [-0.1, -0.05) is 12.2 Å². The van der Waals surface area contributed by atoms with Gasteiger partial charge >= 0.3 is 0 Å². The van der Waals surface area contributed by atoms with Crippen LogP contribution in [-0.4, -0.2) is 11.2 Å². The fraction of sp³-hybridized carbons (Fsp3) is 0.625. The highest BCUT2D eigenvalue weighted by molar-refractivity contribution is 8.12. The molecule has 2 nitrogen and oxygen atoms in total. The Morgan fingerprint density at radius 2 is 2.27 bits per heavy atom. The van der Waals surface area contributed by atoms with E-state index < -0.39 is 0 Å². The molecular weight excluding hydrogens is 158 g/mol. The number of hydrogen-bond donors (Lipinski definition) is 1. The maximum atomic E-state index is 11.3. The molecular formula is C8H9NOS. The summed E-state index contributed by atoms with van der Waals surface area (Å²) in [5.74, 6) is 1.50. The van der Waals surface area contributed by atoms with Crippen LogP contribution in [0.25, 0.3) is 0 Å². The van der Waals surface area contributed by atoms with E-state index >= 15 is 0 Å². The molecule has 2 bridgehead atoms. The Labute approximate surface area is 69.6 Å². The molecule has 1 saturated carbocycles. The lowest BCUT2D eigenvalue weighted by atomic mass is 9.91. The molecule has 3 heteroatoms. The molecule has 1 saturated heterocycles. The zero-order chi connectivity index (χ0) is 7.42. The van der Waals surface area contributed by atoms with Gasteiger partial charge in [-0.25, -0.2) is 0 Å². The van der Waals surface area contributed by atoms with Crippen LogP contribution >= 0.6 is 11.9 Å². The third-order valence-electron chi connectivity index (χ3n) is 3.03. The Morgan fingerprint density at radius 1 is 1.45 bits per heavy atom. The van der Waals surface area contributed by atoms with Crippen molar-refractivity contribution in [1.82, 2.24) is 4.72 Å². The van der Waals surface area contributed by atoms with Crippen LogP contribution in [0.3, 0.4) is 0 Å². The highest BCUT2D eigenvalue weighted by Crippen LogP contribution is 2.48. The minimum absolute atomic E-state index is 0.301. The summed E-state index contributed by atoms with van der Waals surface area (Å²) in [6.07, 6.45) is 5.68. The van der Waals surface area contributed by atoms with E-state index in [4.69, 9.17) is 0 Å². The maximum absolute atomic E-state index is 11.3. The van der Waals surface area contributed by atoms with E-state index in [2.05, 4.69) is 16.9 Å². The maximum Gasteiger partial charge on any atom is 0.209 e. The van der Waals surface area contributed by atoms with Crippen molar-refractivity contribution in [1.29, 1.82) is 0 Å². The number of allylic oxidation sites excluding steroid dienone is 1. The van der Waals surface area contributed by atoms with Crippen LogP contribution in [0.5, 0.6) is 0 Å². The molecule has 1 N–H and O–H groups in total. The van der Waals surface area contributed by atoms with E-state index in [1.54, 1.807) is 0 Å². The Kier molecular flexibility index (Phi) is 1.08. The van der Waals surface area contributed by atoms with E-state index in [1.165, 1.54) is 18.4 Å². The summed E-state index contributed by atoms with van der Waals surface area (Å²) in [6, 6.07) is 0.461. The van der Waals surface area contributed by atoms with Crippen molar-refractivity contribution in [2.24, 2.45) is 17.8 Å². The second-order valence-electron chi connectivity index (χ2n) is 3.54. The summed E-state index contributed by atoms with van der Waals surface area (Å²) in [4.78, 5) is 11.3. The first kappa shape index (κ1) is 6.26. The number of nitrogens with one attached hydrogen (secondary N) is 1. The summed E-state index contributed by atoms with van der Waals surface area (Å²) >= 11 is 1.31. The zero-order valence-electron chi connectivity index (χ0n) is 5.99. The van der Waals surface area contributed by atoms with Gasteiger partial charge in [0.05, 0.1) is 5.92 Å². The normalized spacial score (nSPS) is 52.2. The van der Waals surface area contributed by atoms with Gasteiger partial charge in [-0.2, -0.15) is 0 Å². The molecule has 4 unspecified atom stereocenters. The van der Waals surface area contributed by atoms with Crippen molar-refractivity contribution in [2.75, 3.05) is 0 Å². The van der Waals surface area contributed by atoms with Crippen LogP contribution in [0.2, 0.25) is 0 Å². The van der Waals surface area contributed by atoms with Crippen LogP contribution < -0.4 is 4.72 Å². The fourth-order valence-corrected chi connectivity index (χ4v) is 3.53. The Balaban J connectivity index is 2.03. The van der Waals surface area contributed by atoms with Crippen molar-refractivity contribution in [3.05, 3.63) is 12.2 Å². The molecule has 4 atom stereocenters. The zero-order valence-corrected chi connectivity index (χ0v) is 6.80. The molecule has 11 heavy (non-hydrogen) atoms. The smallest absolute Gasteiger partial charge is 0.209 e. The van der Waals surface area contributed by atoms with Gasteiger partial charge in [0, 0.05) is 6.04 Å². The van der Waals surface area contributed by atoms with E-state index in [0.717, 1.165) is 0 Å². The summed E-state index contributed by atoms with van der Waals surface area (Å²) in [7, 11) is 0. The van der Waals surface area contributed by atoms with Crippen LogP contribution in [0.4, 0.5) is 0 Å². The first-order chi connectivity index (χ1) is 5.36. The van der Waals surface area contributed by atoms with Gasteiger partial charge in [-0.05, 0) is 30.2 Å². The van der Waals surface area contributed by atoms with Gasteiger partial charge in [-0.15, -0.1) is 0 Å². The largest absolute Gasteiger partial charge is 0.285 e. The van der Waals surface area contributed by atoms with Crippen LogP contribution in [0, 0.1) is 17.8 Å². The van der Waals surface area contributed by atoms with Crippen LogP contribution in [0.15, 0.2) is 12.2 Å². The average Bonchev–Trinajstić information content (AvgIpc) is 2.60. The lowest BCUT2D eigenvalue weighted by Gasteiger charge is -2.16. The Morgan fingerprint density at radius 3 is 3.09 bits per heavy atom. The van der Waals surface area contributed by atoms with Gasteiger partial charge in [-0.3, -0.25) is 9.52 Å². The van der Waals surface area contributed by atoms with Crippen LogP contribution in [-0.2, 0) is 4.79 Å². The number of hydrogen-bond acceptors (Lipinski definition) is 3. The van der Waals surface area contributed by atoms with Crippen molar-refractivity contribution in [3.8, 4) is 0 Å². The summed E-state index contributed by atoms with van der Waals surface area (Å²) in [5.41, 5.74) is 0. The first-order valence-corrected chi connectivity index (χ1v) is 4.82. The predicted molar refractivity (Wildman–Crippen MR) is 43.7 cm³/mol. The molecule has 1 heterocycles. The molecule has 0 aromatic heterocycles. The molecule has 2 aliphatic carbocycles. The summed E-state index contributed by atoms with van der Waals surface area (Å²) in [5, 5.41) is 0.354. The van der Waals surface area contributed by atoms with Crippen molar-refractivity contribution in [3.63, 3.8) is 0 Å². The van der Waals surface area contributed by atoms with Crippen molar-refractivity contribution >= 4 is 17.1 Å². The molecule has 2 fully saturated rings. The molecule has 0 amide bonds. The van der Waals surface area contributed by atoms with Gasteiger partial charge in [0.25, 0.3) is 0 Å². The van der Waals surface area contributed by atoms with Gasteiger partial charge in [0.2, 0.25) is 5.12 Å². The fourth-order valence-electron chi connectivity index (χ4n) is 2.50. The second-order valence-corrected chi connectivity index (χ2v) is 4.38. The Hall–Kier alpha value is -0.280. The van der Waals surface area contributed by atoms with Gasteiger partial charge in [0.15, 0.2) is 0 Å².